The van der Waals surface area contributed by atoms with Crippen LogP contribution in [-0.4, -0.2) is 39.5 Å². The van der Waals surface area contributed by atoms with E-state index in [2.05, 4.69) is 10.4 Å². The van der Waals surface area contributed by atoms with Gasteiger partial charge in [0.15, 0.2) is 0 Å². The lowest BCUT2D eigenvalue weighted by Gasteiger charge is -2.21. The summed E-state index contributed by atoms with van der Waals surface area (Å²) in [5.41, 5.74) is 4.47. The van der Waals surface area contributed by atoms with E-state index in [1.165, 1.54) is 12.1 Å². The number of nitrogens with zero attached hydrogens (tertiary/aromatic N) is 2. The molecule has 38 heavy (non-hydrogen) atoms. The molecule has 198 valence electrons. The number of carboxylic acid groups (broad SMARTS) is 1. The number of halogens is 4. The number of aliphatic carboxylic acids is 1. The van der Waals surface area contributed by atoms with Crippen molar-refractivity contribution in [3.8, 4) is 11.1 Å². The Balaban J connectivity index is 1.64. The summed E-state index contributed by atoms with van der Waals surface area (Å²) in [5, 5.41) is 17.1. The Morgan fingerprint density at radius 3 is 2.47 bits per heavy atom. The average molecular weight is 544 g/mol. The van der Waals surface area contributed by atoms with Crippen LogP contribution >= 0.6 is 11.6 Å². The molecule has 6 nitrogen and oxygen atoms in total. The Morgan fingerprint density at radius 2 is 1.82 bits per heavy atom. The van der Waals surface area contributed by atoms with Crippen molar-refractivity contribution in [3.63, 3.8) is 0 Å². The Kier molecular flexibility index (Phi) is 8.06. The molecule has 1 atom stereocenters. The van der Waals surface area contributed by atoms with Crippen LogP contribution in [0.25, 0.3) is 22.0 Å². The van der Waals surface area contributed by atoms with Gasteiger partial charge in [-0.05, 0) is 72.0 Å². The van der Waals surface area contributed by atoms with Crippen LogP contribution in [0.5, 0.6) is 0 Å². The molecule has 2 N–H and O–H groups in total. The first-order valence-electron chi connectivity index (χ1n) is 11.9. The number of benzene rings is 3. The van der Waals surface area contributed by atoms with Gasteiger partial charge in [0.05, 0.1) is 24.2 Å². The summed E-state index contributed by atoms with van der Waals surface area (Å²) in [4.78, 5) is 22.9. The molecule has 1 aromatic heterocycles. The topological polar surface area (TPSA) is 84.2 Å². The third kappa shape index (κ3) is 6.52. The van der Waals surface area contributed by atoms with Gasteiger partial charge < -0.3 is 10.4 Å². The zero-order chi connectivity index (χ0) is 27.4. The molecule has 0 aliphatic carbocycles. The van der Waals surface area contributed by atoms with Crippen molar-refractivity contribution in [3.05, 3.63) is 88.6 Å². The lowest BCUT2D eigenvalue weighted by Crippen LogP contribution is -2.26. The van der Waals surface area contributed by atoms with E-state index in [4.69, 9.17) is 16.7 Å². The summed E-state index contributed by atoms with van der Waals surface area (Å²) in [6, 6.07) is 16.8. The summed E-state index contributed by atoms with van der Waals surface area (Å²) >= 11 is 6.08. The minimum absolute atomic E-state index is 0.0268. The van der Waals surface area contributed by atoms with Crippen LogP contribution in [0.2, 0.25) is 5.02 Å². The highest BCUT2D eigenvalue weighted by Crippen LogP contribution is 2.34. The normalized spacial score (nSPS) is 12.4. The van der Waals surface area contributed by atoms with Crippen LogP contribution in [-0.2, 0) is 4.79 Å². The molecule has 0 aliphatic heterocycles. The second kappa shape index (κ2) is 11.3. The molecule has 4 aromatic rings. The largest absolute Gasteiger partial charge is 0.481 e. The summed E-state index contributed by atoms with van der Waals surface area (Å²) in [5.74, 6) is -1.49. The predicted octanol–water partition coefficient (Wildman–Crippen LogP) is 6.80. The van der Waals surface area contributed by atoms with Gasteiger partial charge in [-0.15, -0.1) is 0 Å². The second-order valence-electron chi connectivity index (χ2n) is 9.01. The number of carbonyl (C=O) groups is 2. The predicted molar refractivity (Wildman–Crippen MR) is 139 cm³/mol. The van der Waals surface area contributed by atoms with E-state index in [0.717, 1.165) is 22.1 Å². The van der Waals surface area contributed by atoms with Crippen molar-refractivity contribution < 1.29 is 27.9 Å². The highest BCUT2D eigenvalue weighted by Gasteiger charge is 2.30. The zero-order valence-electron chi connectivity index (χ0n) is 20.4. The van der Waals surface area contributed by atoms with Crippen molar-refractivity contribution in [2.75, 3.05) is 6.54 Å². The van der Waals surface area contributed by atoms with Gasteiger partial charge in [0.1, 0.15) is 0 Å². The molecule has 3 aromatic carbocycles. The Bertz CT molecular complexity index is 1470. The molecular formula is C28H25ClF3N3O3. The monoisotopic (exact) mass is 543 g/mol. The van der Waals surface area contributed by atoms with Gasteiger partial charge in [0.25, 0.3) is 5.91 Å². The molecule has 0 saturated heterocycles. The van der Waals surface area contributed by atoms with Crippen LogP contribution in [0.3, 0.4) is 0 Å². The molecule has 10 heteroatoms. The molecule has 4 rings (SSSR count). The SMILES string of the molecule is Cc1cc(Cl)ccc1-c1ccc2c(cnn2C(CCC(F)(F)F)c2ccc(C(=O)NCCC(=O)O)cc2)c1. The van der Waals surface area contributed by atoms with Crippen molar-refractivity contribution >= 4 is 34.4 Å². The number of rotatable bonds is 9. The van der Waals surface area contributed by atoms with Crippen molar-refractivity contribution in [1.29, 1.82) is 0 Å². The average Bonchev–Trinajstić information content (AvgIpc) is 3.26. The van der Waals surface area contributed by atoms with Crippen LogP contribution in [0.4, 0.5) is 13.2 Å². The Morgan fingerprint density at radius 1 is 1.08 bits per heavy atom. The number of aryl methyl sites for hydroxylation is 1. The molecule has 0 aliphatic rings. The Hall–Kier alpha value is -3.85. The van der Waals surface area contributed by atoms with E-state index in [0.29, 0.717) is 16.1 Å². The third-order valence-corrected chi connectivity index (χ3v) is 6.51. The summed E-state index contributed by atoms with van der Waals surface area (Å²) in [7, 11) is 0. The fraction of sp³-hybridized carbons (Fsp3) is 0.250. The molecule has 1 amide bonds. The number of hydrogen-bond donors (Lipinski definition) is 2. The summed E-state index contributed by atoms with van der Waals surface area (Å²) in [6.45, 7) is 1.93. The second-order valence-corrected chi connectivity index (χ2v) is 9.45. The fourth-order valence-electron chi connectivity index (χ4n) is 4.39. The van der Waals surface area contributed by atoms with E-state index in [1.54, 1.807) is 29.1 Å². The van der Waals surface area contributed by atoms with Crippen molar-refractivity contribution in [2.24, 2.45) is 0 Å². The molecular weight excluding hydrogens is 519 g/mol. The van der Waals surface area contributed by atoms with E-state index in [9.17, 15) is 22.8 Å². The van der Waals surface area contributed by atoms with Gasteiger partial charge in [0, 0.05) is 28.9 Å². The summed E-state index contributed by atoms with van der Waals surface area (Å²) < 4.78 is 41.2. The first kappa shape index (κ1) is 27.2. The maximum Gasteiger partial charge on any atom is 0.389 e. The van der Waals surface area contributed by atoms with Gasteiger partial charge >= 0.3 is 12.1 Å². The zero-order valence-corrected chi connectivity index (χ0v) is 21.2. The number of carboxylic acids is 1. The van der Waals surface area contributed by atoms with E-state index >= 15 is 0 Å². The number of aromatic nitrogens is 2. The number of hydrogen-bond acceptors (Lipinski definition) is 3. The maximum absolute atomic E-state index is 13.2. The van der Waals surface area contributed by atoms with Gasteiger partial charge in [-0.2, -0.15) is 18.3 Å². The molecule has 0 spiro atoms. The van der Waals surface area contributed by atoms with Crippen molar-refractivity contribution in [2.45, 2.75) is 38.4 Å². The van der Waals surface area contributed by atoms with Gasteiger partial charge in [-0.1, -0.05) is 35.9 Å². The summed E-state index contributed by atoms with van der Waals surface area (Å²) in [6.07, 6.45) is -4.16. The fourth-order valence-corrected chi connectivity index (χ4v) is 4.62. The van der Waals surface area contributed by atoms with Crippen molar-refractivity contribution in [1.82, 2.24) is 15.1 Å². The van der Waals surface area contributed by atoms with Crippen LogP contribution in [0.15, 0.2) is 66.9 Å². The highest BCUT2D eigenvalue weighted by molar-refractivity contribution is 6.30. The number of carbonyl (C=O) groups excluding carboxylic acids is 1. The molecule has 0 bridgehead atoms. The van der Waals surface area contributed by atoms with Gasteiger partial charge in [0.2, 0.25) is 0 Å². The lowest BCUT2D eigenvalue weighted by atomic mass is 9.98. The van der Waals surface area contributed by atoms with E-state index < -0.39 is 30.5 Å². The molecule has 0 saturated carbocycles. The first-order valence-corrected chi connectivity index (χ1v) is 12.3. The minimum Gasteiger partial charge on any atom is -0.481 e. The first-order chi connectivity index (χ1) is 18.0. The molecule has 1 unspecified atom stereocenters. The third-order valence-electron chi connectivity index (χ3n) is 6.27. The quantitative estimate of drug-likeness (QED) is 0.243. The van der Waals surface area contributed by atoms with E-state index in [-0.39, 0.29) is 24.9 Å². The minimum atomic E-state index is -4.34. The van der Waals surface area contributed by atoms with Gasteiger partial charge in [-0.3, -0.25) is 14.3 Å². The molecule has 0 fully saturated rings. The molecule has 1 heterocycles. The number of nitrogens with one attached hydrogen (secondary N) is 1. The maximum atomic E-state index is 13.2. The Labute approximate surface area is 222 Å². The van der Waals surface area contributed by atoms with Gasteiger partial charge in [-0.25, -0.2) is 0 Å². The number of amides is 1. The van der Waals surface area contributed by atoms with Crippen LogP contribution in [0, 0.1) is 6.92 Å². The highest BCUT2D eigenvalue weighted by atomic mass is 35.5. The number of fused-ring (bicyclic) bond motifs is 1. The molecule has 0 radical (unpaired) electrons. The van der Waals surface area contributed by atoms with Crippen LogP contribution in [0.1, 0.15) is 46.8 Å². The smallest absolute Gasteiger partial charge is 0.389 e. The lowest BCUT2D eigenvalue weighted by molar-refractivity contribution is -0.137. The number of alkyl halides is 3. The van der Waals surface area contributed by atoms with E-state index in [1.807, 2.05) is 37.3 Å². The van der Waals surface area contributed by atoms with Crippen LogP contribution < -0.4 is 5.32 Å². The standard InChI is InChI=1S/C28H25ClF3N3O3/c1-17-14-22(29)7-8-23(17)20-6-9-24-21(15-20)16-34-35(24)25(10-12-28(30,31)32)18-2-4-19(5-3-18)27(38)33-13-11-26(36)37/h2-9,14-16,25H,10-13H2,1H3,(H,33,38)(H,36,37).